The van der Waals surface area contributed by atoms with Crippen LogP contribution < -0.4 is 5.32 Å². The van der Waals surface area contributed by atoms with Crippen LogP contribution in [0.25, 0.3) is 0 Å². The summed E-state index contributed by atoms with van der Waals surface area (Å²) < 4.78 is 5.61. The first-order valence-electron chi connectivity index (χ1n) is 5.33. The molecule has 1 aromatic carbocycles. The number of amides is 1. The van der Waals surface area contributed by atoms with E-state index < -0.39 is 0 Å². The zero-order valence-corrected chi connectivity index (χ0v) is 8.40. The molecule has 15 heavy (non-hydrogen) atoms. The lowest BCUT2D eigenvalue weighted by atomic mass is 9.85. The molecular formula is C12H13NO2. The van der Waals surface area contributed by atoms with Gasteiger partial charge in [0.05, 0.1) is 6.04 Å². The fourth-order valence-corrected chi connectivity index (χ4v) is 2.49. The number of carbonyl (C=O) groups excluding carboxylic acids is 1. The van der Waals surface area contributed by atoms with Crippen LogP contribution in [0.4, 0.5) is 0 Å². The zero-order chi connectivity index (χ0) is 10.3. The highest BCUT2D eigenvalue weighted by atomic mass is 16.5. The summed E-state index contributed by atoms with van der Waals surface area (Å²) in [7, 11) is 0. The van der Waals surface area contributed by atoms with Crippen LogP contribution >= 0.6 is 0 Å². The van der Waals surface area contributed by atoms with Gasteiger partial charge in [0, 0.05) is 0 Å². The second kappa shape index (κ2) is 3.35. The van der Waals surface area contributed by atoms with Crippen molar-refractivity contribution < 1.29 is 9.53 Å². The summed E-state index contributed by atoms with van der Waals surface area (Å²) in [5, 5.41) is 3.00. The Morgan fingerprint density at radius 1 is 1.33 bits per heavy atom. The molecule has 3 heteroatoms. The Bertz CT molecular complexity index is 402. The molecule has 78 valence electrons. The molecule has 1 fully saturated rings. The van der Waals surface area contributed by atoms with Crippen LogP contribution in [0.5, 0.6) is 0 Å². The highest BCUT2D eigenvalue weighted by Gasteiger charge is 2.34. The Morgan fingerprint density at radius 2 is 2.20 bits per heavy atom. The van der Waals surface area contributed by atoms with Crippen molar-refractivity contribution in [2.24, 2.45) is 0 Å². The predicted molar refractivity (Wildman–Crippen MR) is 55.4 cm³/mol. The van der Waals surface area contributed by atoms with Gasteiger partial charge in [-0.15, -0.1) is 0 Å². The van der Waals surface area contributed by atoms with Crippen LogP contribution in [-0.4, -0.2) is 18.6 Å². The van der Waals surface area contributed by atoms with Gasteiger partial charge in [-0.2, -0.15) is 0 Å². The standard InChI is InChI=1S/C12H13NO2/c14-11-7-15-12-9-4-2-1-3-8(9)5-6-10(12)13-11/h1-4,10,12H,5-7H2,(H,13,14)/t10-,12+/m1/s1. The zero-order valence-electron chi connectivity index (χ0n) is 8.40. The van der Waals surface area contributed by atoms with E-state index >= 15 is 0 Å². The number of aryl methyl sites for hydroxylation is 1. The molecule has 0 saturated carbocycles. The third kappa shape index (κ3) is 1.43. The topological polar surface area (TPSA) is 38.3 Å². The molecule has 1 saturated heterocycles. The number of hydrogen-bond acceptors (Lipinski definition) is 2. The minimum absolute atomic E-state index is 0.00984. The van der Waals surface area contributed by atoms with Crippen molar-refractivity contribution in [2.45, 2.75) is 25.0 Å². The lowest BCUT2D eigenvalue weighted by Gasteiger charge is -2.37. The van der Waals surface area contributed by atoms with Crippen LogP contribution in [0, 0.1) is 0 Å². The van der Waals surface area contributed by atoms with Gasteiger partial charge in [-0.25, -0.2) is 0 Å². The van der Waals surface area contributed by atoms with Gasteiger partial charge in [0.2, 0.25) is 5.91 Å². The average Bonchev–Trinajstić information content (AvgIpc) is 2.28. The third-order valence-corrected chi connectivity index (χ3v) is 3.19. The van der Waals surface area contributed by atoms with Crippen molar-refractivity contribution in [3.63, 3.8) is 0 Å². The quantitative estimate of drug-likeness (QED) is 0.687. The van der Waals surface area contributed by atoms with E-state index in [1.165, 1.54) is 11.1 Å². The van der Waals surface area contributed by atoms with E-state index in [1.54, 1.807) is 0 Å². The fraction of sp³-hybridized carbons (Fsp3) is 0.417. The van der Waals surface area contributed by atoms with Crippen LogP contribution in [0.3, 0.4) is 0 Å². The lowest BCUT2D eigenvalue weighted by Crippen LogP contribution is -2.49. The van der Waals surface area contributed by atoms with Crippen LogP contribution in [0.15, 0.2) is 24.3 Å². The highest BCUT2D eigenvalue weighted by Crippen LogP contribution is 2.34. The first-order valence-corrected chi connectivity index (χ1v) is 5.33. The summed E-state index contributed by atoms with van der Waals surface area (Å²) in [5.74, 6) is 0.00984. The molecule has 0 radical (unpaired) electrons. The van der Waals surface area contributed by atoms with E-state index in [2.05, 4.69) is 23.5 Å². The van der Waals surface area contributed by atoms with Gasteiger partial charge >= 0.3 is 0 Å². The van der Waals surface area contributed by atoms with Crippen molar-refractivity contribution in [1.29, 1.82) is 0 Å². The van der Waals surface area contributed by atoms with Crippen molar-refractivity contribution >= 4 is 5.91 Å². The molecule has 0 spiro atoms. The van der Waals surface area contributed by atoms with E-state index in [9.17, 15) is 4.79 Å². The number of carbonyl (C=O) groups is 1. The average molecular weight is 203 g/mol. The van der Waals surface area contributed by atoms with Gasteiger partial charge in [0.15, 0.2) is 0 Å². The van der Waals surface area contributed by atoms with Gasteiger partial charge in [0.1, 0.15) is 12.7 Å². The first-order chi connectivity index (χ1) is 7.34. The number of morpholine rings is 1. The molecular weight excluding hydrogens is 190 g/mol. The minimum atomic E-state index is 0.00984. The van der Waals surface area contributed by atoms with E-state index in [0.717, 1.165) is 12.8 Å². The molecule has 1 aliphatic heterocycles. The SMILES string of the molecule is O=C1CO[C@H]2c3ccccc3CC[C@H]2N1. The first kappa shape index (κ1) is 8.92. The summed E-state index contributed by atoms with van der Waals surface area (Å²) in [4.78, 5) is 11.2. The molecule has 1 amide bonds. The Labute approximate surface area is 88.4 Å². The van der Waals surface area contributed by atoms with Crippen LogP contribution in [-0.2, 0) is 16.0 Å². The van der Waals surface area contributed by atoms with E-state index in [-0.39, 0.29) is 24.7 Å². The van der Waals surface area contributed by atoms with E-state index in [0.29, 0.717) is 0 Å². The highest BCUT2D eigenvalue weighted by molar-refractivity contribution is 5.78. The summed E-state index contributed by atoms with van der Waals surface area (Å²) in [6, 6.07) is 8.50. The van der Waals surface area contributed by atoms with E-state index in [1.807, 2.05) is 6.07 Å². The van der Waals surface area contributed by atoms with Gasteiger partial charge < -0.3 is 10.1 Å². The molecule has 0 bridgehead atoms. The molecule has 1 heterocycles. The maximum atomic E-state index is 11.2. The summed E-state index contributed by atoms with van der Waals surface area (Å²) in [6.45, 7) is 0.190. The summed E-state index contributed by atoms with van der Waals surface area (Å²) in [6.07, 6.45) is 2.07. The lowest BCUT2D eigenvalue weighted by molar-refractivity contribution is -0.137. The number of ether oxygens (including phenoxy) is 1. The number of rotatable bonds is 0. The molecule has 2 aliphatic rings. The normalized spacial score (nSPS) is 28.9. The summed E-state index contributed by atoms with van der Waals surface area (Å²) in [5.41, 5.74) is 2.60. The molecule has 3 nitrogen and oxygen atoms in total. The summed E-state index contributed by atoms with van der Waals surface area (Å²) >= 11 is 0. The van der Waals surface area contributed by atoms with Gasteiger partial charge in [-0.1, -0.05) is 24.3 Å². The number of fused-ring (bicyclic) bond motifs is 3. The number of nitrogens with one attached hydrogen (secondary N) is 1. The van der Waals surface area contributed by atoms with Gasteiger partial charge in [-0.05, 0) is 24.0 Å². The largest absolute Gasteiger partial charge is 0.362 e. The van der Waals surface area contributed by atoms with Crippen molar-refractivity contribution in [3.8, 4) is 0 Å². The second-order valence-electron chi connectivity index (χ2n) is 4.14. The van der Waals surface area contributed by atoms with Crippen LogP contribution in [0.2, 0.25) is 0 Å². The van der Waals surface area contributed by atoms with Gasteiger partial charge in [0.25, 0.3) is 0 Å². The van der Waals surface area contributed by atoms with Crippen LogP contribution in [0.1, 0.15) is 23.7 Å². The molecule has 3 rings (SSSR count). The molecule has 1 aromatic rings. The monoisotopic (exact) mass is 203 g/mol. The Morgan fingerprint density at radius 3 is 3.13 bits per heavy atom. The Hall–Kier alpha value is -1.35. The molecule has 2 atom stereocenters. The predicted octanol–water partition coefficient (Wildman–Crippen LogP) is 1.19. The van der Waals surface area contributed by atoms with Crippen molar-refractivity contribution in [3.05, 3.63) is 35.4 Å². The number of benzene rings is 1. The molecule has 0 unspecified atom stereocenters. The maximum absolute atomic E-state index is 11.2. The fourth-order valence-electron chi connectivity index (χ4n) is 2.49. The molecule has 1 N–H and O–H groups in total. The number of hydrogen-bond donors (Lipinski definition) is 1. The Kier molecular flexibility index (Phi) is 1.99. The Balaban J connectivity index is 1.97. The molecule has 1 aliphatic carbocycles. The third-order valence-electron chi connectivity index (χ3n) is 3.19. The van der Waals surface area contributed by atoms with Crippen molar-refractivity contribution in [2.75, 3.05) is 6.61 Å². The maximum Gasteiger partial charge on any atom is 0.246 e. The minimum Gasteiger partial charge on any atom is -0.362 e. The van der Waals surface area contributed by atoms with Crippen molar-refractivity contribution in [1.82, 2.24) is 5.32 Å². The molecule has 0 aromatic heterocycles. The van der Waals surface area contributed by atoms with E-state index in [4.69, 9.17) is 4.74 Å². The second-order valence-corrected chi connectivity index (χ2v) is 4.14. The van der Waals surface area contributed by atoms with Gasteiger partial charge in [-0.3, -0.25) is 4.79 Å². The smallest absolute Gasteiger partial charge is 0.246 e.